The maximum Gasteiger partial charge on any atom is 0.306 e. The topological polar surface area (TPSA) is 81.5 Å². The molecule has 1 aromatic rings. The van der Waals surface area contributed by atoms with E-state index in [9.17, 15) is 19.3 Å². The molecular weight excluding hydrogens is 267 g/mol. The summed E-state index contributed by atoms with van der Waals surface area (Å²) >= 11 is 0. The molecule has 0 unspecified atom stereocenters. The first-order valence-electron chi connectivity index (χ1n) is 6.41. The van der Waals surface area contributed by atoms with Gasteiger partial charge in [-0.05, 0) is 31.4 Å². The van der Waals surface area contributed by atoms with Gasteiger partial charge in [0.15, 0.2) is 0 Å². The number of nitrogens with one attached hydrogen (secondary N) is 1. The molecule has 1 atom stereocenters. The van der Waals surface area contributed by atoms with E-state index in [1.807, 2.05) is 0 Å². The number of hydrogen-bond acceptors (Lipinski definition) is 4. The minimum atomic E-state index is -0.927. The van der Waals surface area contributed by atoms with Gasteiger partial charge >= 0.3 is 5.69 Å². The summed E-state index contributed by atoms with van der Waals surface area (Å²) in [5.74, 6) is -1.22. The zero-order valence-electron chi connectivity index (χ0n) is 10.8. The van der Waals surface area contributed by atoms with E-state index in [0.717, 1.165) is 31.4 Å². The molecule has 0 bridgehead atoms. The molecule has 0 aliphatic carbocycles. The minimum absolute atomic E-state index is 0.112. The average molecular weight is 282 g/mol. The Morgan fingerprint density at radius 1 is 1.50 bits per heavy atom. The number of amides is 1. The van der Waals surface area contributed by atoms with E-state index < -0.39 is 16.4 Å². The lowest BCUT2D eigenvalue weighted by atomic mass is 10.1. The SMILES string of the molecule is O=C(C[C@@H]1CCCCO1)Nc1ccc(F)c([N+](=O)[O-])c1. The fourth-order valence-corrected chi connectivity index (χ4v) is 2.12. The quantitative estimate of drug-likeness (QED) is 0.680. The first-order valence-corrected chi connectivity index (χ1v) is 6.41. The third kappa shape index (κ3) is 3.74. The number of nitrogens with zero attached hydrogens (tertiary/aromatic N) is 1. The fourth-order valence-electron chi connectivity index (χ4n) is 2.12. The summed E-state index contributed by atoms with van der Waals surface area (Å²) < 4.78 is 18.6. The van der Waals surface area contributed by atoms with Crippen LogP contribution in [0.3, 0.4) is 0 Å². The van der Waals surface area contributed by atoms with Crippen molar-refractivity contribution in [2.24, 2.45) is 0 Å². The van der Waals surface area contributed by atoms with Gasteiger partial charge in [0.1, 0.15) is 0 Å². The van der Waals surface area contributed by atoms with E-state index in [-0.39, 0.29) is 24.1 Å². The van der Waals surface area contributed by atoms with Crippen molar-refractivity contribution in [2.75, 3.05) is 11.9 Å². The summed E-state index contributed by atoms with van der Waals surface area (Å²) in [7, 11) is 0. The number of carbonyl (C=O) groups is 1. The van der Waals surface area contributed by atoms with Crippen molar-refractivity contribution < 1.29 is 18.8 Å². The molecule has 1 fully saturated rings. The smallest absolute Gasteiger partial charge is 0.306 e. The highest BCUT2D eigenvalue weighted by Gasteiger charge is 2.19. The van der Waals surface area contributed by atoms with Crippen LogP contribution in [0.15, 0.2) is 18.2 Å². The molecule has 1 aliphatic rings. The monoisotopic (exact) mass is 282 g/mol. The Labute approximate surface area is 115 Å². The number of halogens is 1. The predicted octanol–water partition coefficient (Wildman–Crippen LogP) is 2.63. The largest absolute Gasteiger partial charge is 0.378 e. The number of benzene rings is 1. The number of carbonyl (C=O) groups excluding carboxylic acids is 1. The van der Waals surface area contributed by atoms with Gasteiger partial charge in [0.2, 0.25) is 11.7 Å². The second kappa shape index (κ2) is 6.42. The summed E-state index contributed by atoms with van der Waals surface area (Å²) in [4.78, 5) is 21.6. The number of nitro benzene ring substituents is 1. The van der Waals surface area contributed by atoms with Crippen molar-refractivity contribution in [3.05, 3.63) is 34.1 Å². The molecule has 0 spiro atoms. The Kier molecular flexibility index (Phi) is 4.62. The molecule has 1 saturated heterocycles. The summed E-state index contributed by atoms with van der Waals surface area (Å²) in [5.41, 5.74) is -0.448. The van der Waals surface area contributed by atoms with Gasteiger partial charge in [0, 0.05) is 18.4 Å². The predicted molar refractivity (Wildman–Crippen MR) is 69.9 cm³/mol. The van der Waals surface area contributed by atoms with E-state index in [1.54, 1.807) is 0 Å². The van der Waals surface area contributed by atoms with Crippen molar-refractivity contribution in [1.29, 1.82) is 0 Å². The summed E-state index contributed by atoms with van der Waals surface area (Å²) in [6.07, 6.45) is 2.95. The Hall–Kier alpha value is -2.02. The van der Waals surface area contributed by atoms with E-state index in [4.69, 9.17) is 4.74 Å². The number of ether oxygens (including phenoxy) is 1. The maximum atomic E-state index is 13.2. The number of rotatable bonds is 4. The van der Waals surface area contributed by atoms with Crippen LogP contribution in [0.4, 0.5) is 15.8 Å². The molecule has 6 nitrogen and oxygen atoms in total. The molecule has 20 heavy (non-hydrogen) atoms. The molecule has 1 aromatic carbocycles. The molecule has 1 heterocycles. The van der Waals surface area contributed by atoms with Gasteiger partial charge in [-0.1, -0.05) is 0 Å². The second-order valence-corrected chi connectivity index (χ2v) is 4.66. The zero-order chi connectivity index (χ0) is 14.5. The normalized spacial score (nSPS) is 18.6. The second-order valence-electron chi connectivity index (χ2n) is 4.66. The van der Waals surface area contributed by atoms with Gasteiger partial charge in [0.25, 0.3) is 0 Å². The van der Waals surface area contributed by atoms with Crippen LogP contribution < -0.4 is 5.32 Å². The number of anilines is 1. The molecule has 7 heteroatoms. The first kappa shape index (κ1) is 14.4. The molecule has 108 valence electrons. The molecule has 1 aliphatic heterocycles. The Bertz CT molecular complexity index is 515. The highest BCUT2D eigenvalue weighted by molar-refractivity contribution is 5.91. The summed E-state index contributed by atoms with van der Waals surface area (Å²) in [5, 5.41) is 13.1. The van der Waals surface area contributed by atoms with Crippen LogP contribution in [-0.4, -0.2) is 23.5 Å². The Balaban J connectivity index is 1.96. The van der Waals surface area contributed by atoms with Crippen LogP contribution in [0.5, 0.6) is 0 Å². The molecular formula is C13H15FN2O4. The van der Waals surface area contributed by atoms with Crippen LogP contribution in [-0.2, 0) is 9.53 Å². The molecule has 1 N–H and O–H groups in total. The van der Waals surface area contributed by atoms with Crippen molar-refractivity contribution >= 4 is 17.3 Å². The van der Waals surface area contributed by atoms with Crippen LogP contribution in [0.25, 0.3) is 0 Å². The van der Waals surface area contributed by atoms with E-state index >= 15 is 0 Å². The lowest BCUT2D eigenvalue weighted by Gasteiger charge is -2.21. The lowest BCUT2D eigenvalue weighted by molar-refractivity contribution is -0.387. The van der Waals surface area contributed by atoms with Gasteiger partial charge in [-0.2, -0.15) is 4.39 Å². The summed E-state index contributed by atoms with van der Waals surface area (Å²) in [6.45, 7) is 0.653. The van der Waals surface area contributed by atoms with Crippen LogP contribution in [0.1, 0.15) is 25.7 Å². The van der Waals surface area contributed by atoms with Gasteiger partial charge < -0.3 is 10.1 Å². The Morgan fingerprint density at radius 2 is 2.30 bits per heavy atom. The van der Waals surface area contributed by atoms with Crippen molar-refractivity contribution in [3.8, 4) is 0 Å². The van der Waals surface area contributed by atoms with Crippen molar-refractivity contribution in [3.63, 3.8) is 0 Å². The zero-order valence-corrected chi connectivity index (χ0v) is 10.8. The standard InChI is InChI=1S/C13H15FN2O4/c14-11-5-4-9(7-12(11)16(18)19)15-13(17)8-10-3-1-2-6-20-10/h4-5,7,10H,1-3,6,8H2,(H,15,17)/t10-/m0/s1. The van der Waals surface area contributed by atoms with E-state index in [1.165, 1.54) is 6.07 Å². The first-order chi connectivity index (χ1) is 9.56. The molecule has 0 aromatic heterocycles. The third-order valence-electron chi connectivity index (χ3n) is 3.11. The molecule has 0 radical (unpaired) electrons. The van der Waals surface area contributed by atoms with Crippen molar-refractivity contribution in [1.82, 2.24) is 0 Å². The highest BCUT2D eigenvalue weighted by atomic mass is 19.1. The van der Waals surface area contributed by atoms with Gasteiger partial charge in [-0.3, -0.25) is 14.9 Å². The highest BCUT2D eigenvalue weighted by Crippen LogP contribution is 2.22. The number of nitro groups is 1. The molecule has 2 rings (SSSR count). The molecule has 1 amide bonds. The van der Waals surface area contributed by atoms with E-state index in [0.29, 0.717) is 6.61 Å². The fraction of sp³-hybridized carbons (Fsp3) is 0.462. The van der Waals surface area contributed by atoms with Gasteiger partial charge in [-0.25, -0.2) is 0 Å². The third-order valence-corrected chi connectivity index (χ3v) is 3.11. The Morgan fingerprint density at radius 3 is 2.95 bits per heavy atom. The van der Waals surface area contributed by atoms with Gasteiger partial charge in [-0.15, -0.1) is 0 Å². The van der Waals surface area contributed by atoms with Crippen LogP contribution in [0.2, 0.25) is 0 Å². The lowest BCUT2D eigenvalue weighted by Crippen LogP contribution is -2.25. The number of hydrogen-bond donors (Lipinski definition) is 1. The van der Waals surface area contributed by atoms with Crippen LogP contribution >= 0.6 is 0 Å². The average Bonchev–Trinajstić information content (AvgIpc) is 2.41. The van der Waals surface area contributed by atoms with Crippen molar-refractivity contribution in [2.45, 2.75) is 31.8 Å². The van der Waals surface area contributed by atoms with Gasteiger partial charge in [0.05, 0.1) is 17.4 Å². The maximum absolute atomic E-state index is 13.2. The minimum Gasteiger partial charge on any atom is -0.378 e. The summed E-state index contributed by atoms with van der Waals surface area (Å²) in [6, 6.07) is 3.27. The van der Waals surface area contributed by atoms with E-state index in [2.05, 4.69) is 5.32 Å². The van der Waals surface area contributed by atoms with Crippen LogP contribution in [0, 0.1) is 15.9 Å². The molecule has 0 saturated carbocycles.